The first-order valence-corrected chi connectivity index (χ1v) is 7.74. The summed E-state index contributed by atoms with van der Waals surface area (Å²) in [5, 5.41) is 14.1. The van der Waals surface area contributed by atoms with Crippen molar-refractivity contribution in [3.05, 3.63) is 0 Å². The molecule has 0 bridgehead atoms. The van der Waals surface area contributed by atoms with Crippen LogP contribution < -0.4 is 10.6 Å². The van der Waals surface area contributed by atoms with Gasteiger partial charge in [-0.05, 0) is 39.3 Å². The van der Waals surface area contributed by atoms with E-state index in [1.165, 1.54) is 0 Å². The molecule has 0 rings (SSSR count). The van der Waals surface area contributed by atoms with Crippen molar-refractivity contribution in [2.24, 2.45) is 0 Å². The Bertz CT molecular complexity index is 287. The molecule has 112 valence electrons. The van der Waals surface area contributed by atoms with Gasteiger partial charge < -0.3 is 20.6 Å². The van der Waals surface area contributed by atoms with Crippen molar-refractivity contribution in [1.29, 1.82) is 0 Å². The topological polar surface area (TPSA) is 81.7 Å². The van der Waals surface area contributed by atoms with E-state index in [1.54, 1.807) is 11.8 Å². The Morgan fingerprint density at radius 2 is 2.00 bits per heavy atom. The summed E-state index contributed by atoms with van der Waals surface area (Å²) in [6.45, 7) is 5.37. The van der Waals surface area contributed by atoms with Gasteiger partial charge in [0.2, 0.25) is 0 Å². The van der Waals surface area contributed by atoms with E-state index in [1.807, 2.05) is 13.3 Å². The Morgan fingerprint density at radius 1 is 1.37 bits per heavy atom. The van der Waals surface area contributed by atoms with Gasteiger partial charge in [-0.15, -0.1) is 0 Å². The predicted molar refractivity (Wildman–Crippen MR) is 78.7 cm³/mol. The standard InChI is InChI=1S/C12H25N3O3S/c1-9(2)15(3)7-6-13-12(18)14-10(11(16)17)5-8-19-4/h9-10H,5-8H2,1-4H3,(H,16,17)(H2,13,14,18)/t10-/m0/s1. The summed E-state index contributed by atoms with van der Waals surface area (Å²) in [7, 11) is 1.97. The maximum absolute atomic E-state index is 11.6. The first kappa shape index (κ1) is 18.0. The SMILES string of the molecule is CSCC[C@H](NC(=O)NCCN(C)C(C)C)C(=O)O. The third-order valence-corrected chi connectivity index (χ3v) is 3.49. The van der Waals surface area contributed by atoms with Crippen molar-refractivity contribution in [2.75, 3.05) is 32.1 Å². The quantitative estimate of drug-likeness (QED) is 0.586. The zero-order valence-corrected chi connectivity index (χ0v) is 12.9. The number of hydrogen-bond acceptors (Lipinski definition) is 4. The van der Waals surface area contributed by atoms with Crippen LogP contribution in [0.2, 0.25) is 0 Å². The van der Waals surface area contributed by atoms with E-state index >= 15 is 0 Å². The lowest BCUT2D eigenvalue weighted by atomic mass is 10.2. The summed E-state index contributed by atoms with van der Waals surface area (Å²) in [6.07, 6.45) is 2.33. The van der Waals surface area contributed by atoms with Crippen molar-refractivity contribution in [1.82, 2.24) is 15.5 Å². The number of carbonyl (C=O) groups excluding carboxylic acids is 1. The lowest BCUT2D eigenvalue weighted by Gasteiger charge is -2.21. The van der Waals surface area contributed by atoms with Crippen LogP contribution in [0.15, 0.2) is 0 Å². The largest absolute Gasteiger partial charge is 0.480 e. The number of rotatable bonds is 9. The highest BCUT2D eigenvalue weighted by atomic mass is 32.2. The summed E-state index contributed by atoms with van der Waals surface area (Å²) >= 11 is 1.56. The zero-order chi connectivity index (χ0) is 14.8. The molecule has 0 spiro atoms. The third-order valence-electron chi connectivity index (χ3n) is 2.85. The number of carbonyl (C=O) groups is 2. The normalized spacial score (nSPS) is 12.5. The Hall–Kier alpha value is -0.950. The van der Waals surface area contributed by atoms with Crippen LogP contribution in [0.1, 0.15) is 20.3 Å². The van der Waals surface area contributed by atoms with E-state index < -0.39 is 18.0 Å². The number of thioether (sulfide) groups is 1. The van der Waals surface area contributed by atoms with Crippen LogP contribution in [-0.2, 0) is 4.79 Å². The van der Waals surface area contributed by atoms with Crippen molar-refractivity contribution >= 4 is 23.8 Å². The average molecular weight is 291 g/mol. The monoisotopic (exact) mass is 291 g/mol. The van der Waals surface area contributed by atoms with E-state index in [0.29, 0.717) is 24.8 Å². The number of carboxylic acids is 1. The number of likely N-dealkylation sites (N-methyl/N-ethyl adjacent to an activating group) is 1. The molecule has 19 heavy (non-hydrogen) atoms. The van der Waals surface area contributed by atoms with Gasteiger partial charge in [0.15, 0.2) is 0 Å². The smallest absolute Gasteiger partial charge is 0.326 e. The lowest BCUT2D eigenvalue weighted by molar-refractivity contribution is -0.139. The highest BCUT2D eigenvalue weighted by molar-refractivity contribution is 7.98. The molecule has 0 aliphatic carbocycles. The van der Waals surface area contributed by atoms with E-state index in [-0.39, 0.29) is 0 Å². The summed E-state index contributed by atoms with van der Waals surface area (Å²) in [6, 6.07) is -0.834. The molecule has 0 aliphatic rings. The molecule has 6 nitrogen and oxygen atoms in total. The molecule has 0 radical (unpaired) electrons. The van der Waals surface area contributed by atoms with Crippen LogP contribution in [0.5, 0.6) is 0 Å². The van der Waals surface area contributed by atoms with Gasteiger partial charge in [0.05, 0.1) is 0 Å². The van der Waals surface area contributed by atoms with Crippen molar-refractivity contribution in [3.8, 4) is 0 Å². The van der Waals surface area contributed by atoms with Gasteiger partial charge >= 0.3 is 12.0 Å². The Kier molecular flexibility index (Phi) is 9.42. The molecular weight excluding hydrogens is 266 g/mol. The van der Waals surface area contributed by atoms with Crippen LogP contribution in [0.25, 0.3) is 0 Å². The minimum atomic E-state index is -0.997. The summed E-state index contributed by atoms with van der Waals surface area (Å²) in [4.78, 5) is 24.6. The second-order valence-electron chi connectivity index (χ2n) is 4.65. The third kappa shape index (κ3) is 8.72. The maximum Gasteiger partial charge on any atom is 0.326 e. The molecule has 0 saturated heterocycles. The van der Waals surface area contributed by atoms with Gasteiger partial charge in [0.1, 0.15) is 6.04 Å². The van der Waals surface area contributed by atoms with Crippen molar-refractivity contribution in [2.45, 2.75) is 32.4 Å². The molecule has 0 fully saturated rings. The minimum Gasteiger partial charge on any atom is -0.480 e. The summed E-state index contributed by atoms with van der Waals surface area (Å²) in [5.74, 6) is -0.295. The van der Waals surface area contributed by atoms with Gasteiger partial charge in [-0.25, -0.2) is 9.59 Å². The highest BCUT2D eigenvalue weighted by Gasteiger charge is 2.18. The highest BCUT2D eigenvalue weighted by Crippen LogP contribution is 2.00. The lowest BCUT2D eigenvalue weighted by Crippen LogP contribution is -2.48. The molecule has 1 atom stereocenters. The van der Waals surface area contributed by atoms with E-state index in [2.05, 4.69) is 29.4 Å². The van der Waals surface area contributed by atoms with Crippen LogP contribution in [0, 0.1) is 0 Å². The number of nitrogens with one attached hydrogen (secondary N) is 2. The number of amides is 2. The fourth-order valence-electron chi connectivity index (χ4n) is 1.31. The Morgan fingerprint density at radius 3 is 2.47 bits per heavy atom. The average Bonchev–Trinajstić information content (AvgIpc) is 2.33. The number of urea groups is 1. The predicted octanol–water partition coefficient (Wildman–Crippen LogP) is 0.832. The Balaban J connectivity index is 3.96. The van der Waals surface area contributed by atoms with E-state index in [9.17, 15) is 9.59 Å². The molecule has 2 amide bonds. The van der Waals surface area contributed by atoms with Crippen LogP contribution in [0.4, 0.5) is 4.79 Å². The van der Waals surface area contributed by atoms with E-state index in [4.69, 9.17) is 5.11 Å². The number of carboxylic acid groups (broad SMARTS) is 1. The van der Waals surface area contributed by atoms with Gasteiger partial charge in [0.25, 0.3) is 0 Å². The van der Waals surface area contributed by atoms with Crippen molar-refractivity contribution < 1.29 is 14.7 Å². The maximum atomic E-state index is 11.6. The number of nitrogens with zero attached hydrogens (tertiary/aromatic N) is 1. The molecule has 0 aliphatic heterocycles. The molecule has 0 aromatic heterocycles. The number of hydrogen-bond donors (Lipinski definition) is 3. The molecule has 0 saturated carbocycles. The minimum absolute atomic E-state index is 0.415. The van der Waals surface area contributed by atoms with Crippen LogP contribution >= 0.6 is 11.8 Å². The molecule has 3 N–H and O–H groups in total. The zero-order valence-electron chi connectivity index (χ0n) is 12.1. The first-order valence-electron chi connectivity index (χ1n) is 6.34. The Labute approximate surface area is 119 Å². The fraction of sp³-hybridized carbons (Fsp3) is 0.833. The molecule has 0 aromatic carbocycles. The molecule has 7 heteroatoms. The van der Waals surface area contributed by atoms with Gasteiger partial charge in [-0.2, -0.15) is 11.8 Å². The van der Waals surface area contributed by atoms with E-state index in [0.717, 1.165) is 6.54 Å². The number of aliphatic carboxylic acids is 1. The van der Waals surface area contributed by atoms with Crippen LogP contribution in [0.3, 0.4) is 0 Å². The van der Waals surface area contributed by atoms with Gasteiger partial charge in [-0.3, -0.25) is 0 Å². The second-order valence-corrected chi connectivity index (χ2v) is 5.63. The first-order chi connectivity index (χ1) is 8.88. The molecule has 0 heterocycles. The van der Waals surface area contributed by atoms with Crippen LogP contribution in [-0.4, -0.2) is 66.2 Å². The summed E-state index contributed by atoms with van der Waals surface area (Å²) in [5.41, 5.74) is 0. The fourth-order valence-corrected chi connectivity index (χ4v) is 1.78. The summed E-state index contributed by atoms with van der Waals surface area (Å²) < 4.78 is 0. The van der Waals surface area contributed by atoms with Crippen molar-refractivity contribution in [3.63, 3.8) is 0 Å². The van der Waals surface area contributed by atoms with Gasteiger partial charge in [-0.1, -0.05) is 0 Å². The van der Waals surface area contributed by atoms with Gasteiger partial charge in [0, 0.05) is 19.1 Å². The molecule has 0 aromatic rings. The second kappa shape index (κ2) is 9.91. The molecular formula is C12H25N3O3S. The molecule has 0 unspecified atom stereocenters.